The first kappa shape index (κ1) is 19.7. The summed E-state index contributed by atoms with van der Waals surface area (Å²) < 4.78 is 23.6. The lowest BCUT2D eigenvalue weighted by Gasteiger charge is -2.37. The predicted molar refractivity (Wildman–Crippen MR) is 92.2 cm³/mol. The summed E-state index contributed by atoms with van der Waals surface area (Å²) in [5.74, 6) is -1.29. The second-order valence-electron chi connectivity index (χ2n) is 7.24. The Balaban J connectivity index is 2.02. The van der Waals surface area contributed by atoms with Crippen molar-refractivity contribution in [1.29, 1.82) is 0 Å². The summed E-state index contributed by atoms with van der Waals surface area (Å²) in [5.41, 5.74) is 0. The highest BCUT2D eigenvalue weighted by Crippen LogP contribution is 2.45. The topological polar surface area (TPSA) is 113 Å². The fourth-order valence-electron chi connectivity index (χ4n) is 3.35. The monoisotopic (exact) mass is 373 g/mol. The van der Waals surface area contributed by atoms with Crippen LogP contribution in [0, 0.1) is 0 Å². The van der Waals surface area contributed by atoms with Gasteiger partial charge in [0.15, 0.2) is 9.84 Å². The number of rotatable bonds is 7. The molecule has 3 unspecified atom stereocenters. The molecule has 142 valence electrons. The van der Waals surface area contributed by atoms with E-state index in [0.29, 0.717) is 6.54 Å². The van der Waals surface area contributed by atoms with Gasteiger partial charge in [0.2, 0.25) is 17.7 Å². The third-order valence-corrected chi connectivity index (χ3v) is 7.86. The molecule has 8 nitrogen and oxygen atoms in total. The van der Waals surface area contributed by atoms with E-state index in [1.165, 1.54) is 13.8 Å². The molecule has 2 heterocycles. The summed E-state index contributed by atoms with van der Waals surface area (Å²) in [4.78, 5) is 37.6. The predicted octanol–water partition coefficient (Wildman–Crippen LogP) is -0.0685. The Hall–Kier alpha value is -1.64. The van der Waals surface area contributed by atoms with Crippen LogP contribution < -0.4 is 10.6 Å². The Morgan fingerprint density at radius 1 is 1.32 bits per heavy atom. The lowest BCUT2D eigenvalue weighted by atomic mass is 9.97. The second-order valence-corrected chi connectivity index (χ2v) is 9.93. The van der Waals surface area contributed by atoms with Crippen molar-refractivity contribution in [2.75, 3.05) is 6.54 Å². The molecule has 2 aliphatic heterocycles. The third-order valence-electron chi connectivity index (χ3n) is 5.06. The summed E-state index contributed by atoms with van der Waals surface area (Å²) in [5, 5.41) is 4.37. The van der Waals surface area contributed by atoms with Crippen molar-refractivity contribution in [3.05, 3.63) is 0 Å². The van der Waals surface area contributed by atoms with Crippen LogP contribution in [0.15, 0.2) is 0 Å². The molecule has 0 aliphatic carbocycles. The van der Waals surface area contributed by atoms with Crippen molar-refractivity contribution in [3.63, 3.8) is 0 Å². The molecule has 3 amide bonds. The molecule has 2 aliphatic rings. The lowest BCUT2D eigenvalue weighted by molar-refractivity contribution is -0.150. The van der Waals surface area contributed by atoms with Crippen molar-refractivity contribution < 1.29 is 22.8 Å². The van der Waals surface area contributed by atoms with E-state index in [9.17, 15) is 22.8 Å². The number of sulfone groups is 1. The minimum Gasteiger partial charge on any atom is -0.354 e. The van der Waals surface area contributed by atoms with Crippen molar-refractivity contribution in [3.8, 4) is 0 Å². The molecule has 0 saturated carbocycles. The van der Waals surface area contributed by atoms with Gasteiger partial charge in [-0.15, -0.1) is 0 Å². The molecule has 2 fully saturated rings. The molecule has 9 heteroatoms. The third kappa shape index (κ3) is 3.26. The van der Waals surface area contributed by atoms with Crippen molar-refractivity contribution in [2.24, 2.45) is 0 Å². The Morgan fingerprint density at radius 2 is 1.96 bits per heavy atom. The summed E-state index contributed by atoms with van der Waals surface area (Å²) in [7, 11) is -3.63. The maximum absolute atomic E-state index is 12.6. The number of nitrogens with zero attached hydrogens (tertiary/aromatic N) is 1. The Bertz CT molecular complexity index is 673. The summed E-state index contributed by atoms with van der Waals surface area (Å²) in [6.07, 6.45) is 2.83. The van der Waals surface area contributed by atoms with Gasteiger partial charge < -0.3 is 15.5 Å². The Kier molecular flexibility index (Phi) is 5.46. The van der Waals surface area contributed by atoms with E-state index >= 15 is 0 Å². The van der Waals surface area contributed by atoms with E-state index in [0.717, 1.165) is 24.2 Å². The largest absolute Gasteiger partial charge is 0.354 e. The normalized spacial score (nSPS) is 27.2. The van der Waals surface area contributed by atoms with Crippen LogP contribution in [0.3, 0.4) is 0 Å². The first-order valence-corrected chi connectivity index (χ1v) is 10.2. The molecular weight excluding hydrogens is 346 g/mol. The first-order chi connectivity index (χ1) is 11.6. The number of β-lactam (4-membered cyclic amide) rings is 1. The molecule has 3 atom stereocenters. The molecule has 0 spiro atoms. The highest BCUT2D eigenvalue weighted by Gasteiger charge is 2.67. The van der Waals surface area contributed by atoms with Crippen LogP contribution in [-0.2, 0) is 24.2 Å². The van der Waals surface area contributed by atoms with E-state index in [1.807, 2.05) is 0 Å². The minimum absolute atomic E-state index is 0.0803. The fourth-order valence-corrected chi connectivity index (χ4v) is 5.48. The zero-order chi connectivity index (χ0) is 19.0. The summed E-state index contributed by atoms with van der Waals surface area (Å²) in [6.45, 7) is 7.04. The van der Waals surface area contributed by atoms with Gasteiger partial charge in [0.1, 0.15) is 17.5 Å². The second kappa shape index (κ2) is 6.93. The van der Waals surface area contributed by atoms with Crippen LogP contribution in [0.5, 0.6) is 0 Å². The van der Waals surface area contributed by atoms with Gasteiger partial charge in [-0.25, -0.2) is 8.42 Å². The van der Waals surface area contributed by atoms with Crippen LogP contribution in [0.2, 0.25) is 0 Å². The fraction of sp³-hybridized carbons (Fsp3) is 0.812. The van der Waals surface area contributed by atoms with E-state index in [-0.39, 0.29) is 18.2 Å². The lowest BCUT2D eigenvalue weighted by Crippen LogP contribution is -2.61. The van der Waals surface area contributed by atoms with Gasteiger partial charge in [0, 0.05) is 6.54 Å². The molecule has 0 radical (unpaired) electrons. The number of fused-ring (bicyclic) bond motifs is 1. The van der Waals surface area contributed by atoms with Crippen molar-refractivity contribution in [1.82, 2.24) is 15.5 Å². The molecule has 2 N–H and O–H groups in total. The average Bonchev–Trinajstić information content (AvgIpc) is 2.65. The zero-order valence-corrected chi connectivity index (χ0v) is 16.0. The maximum Gasteiger partial charge on any atom is 0.245 e. The van der Waals surface area contributed by atoms with Gasteiger partial charge in [-0.2, -0.15) is 0 Å². The zero-order valence-electron chi connectivity index (χ0n) is 15.2. The van der Waals surface area contributed by atoms with E-state index in [1.54, 1.807) is 6.92 Å². The van der Waals surface area contributed by atoms with Crippen molar-refractivity contribution in [2.45, 2.75) is 75.6 Å². The van der Waals surface area contributed by atoms with Gasteiger partial charge in [0.05, 0.1) is 11.2 Å². The molecule has 0 aromatic heterocycles. The van der Waals surface area contributed by atoms with Crippen LogP contribution in [0.4, 0.5) is 0 Å². The van der Waals surface area contributed by atoms with Gasteiger partial charge >= 0.3 is 0 Å². The van der Waals surface area contributed by atoms with Crippen LogP contribution in [0.1, 0.15) is 53.4 Å². The standard InChI is InChI=1S/C16H27N3O5S/c1-5-6-7-8-17-14(21)10(2)18-15(22)13-16(3,4)25(23,24)12-9-11(20)19(12)13/h10,12-13H,5-9H2,1-4H3,(H,17,21)(H,18,22). The van der Waals surface area contributed by atoms with Gasteiger partial charge in [-0.1, -0.05) is 19.8 Å². The van der Waals surface area contributed by atoms with E-state index in [2.05, 4.69) is 17.6 Å². The molecule has 0 aromatic rings. The molecule has 2 rings (SSSR count). The summed E-state index contributed by atoms with van der Waals surface area (Å²) >= 11 is 0. The highest BCUT2D eigenvalue weighted by molar-refractivity contribution is 7.93. The number of amides is 3. The van der Waals surface area contributed by atoms with E-state index < -0.39 is 37.9 Å². The van der Waals surface area contributed by atoms with Gasteiger partial charge in [-0.05, 0) is 27.2 Å². The number of unbranched alkanes of at least 4 members (excludes halogenated alkanes) is 2. The maximum atomic E-state index is 12.6. The number of carbonyl (C=O) groups is 3. The number of hydrogen-bond donors (Lipinski definition) is 2. The molecule has 25 heavy (non-hydrogen) atoms. The van der Waals surface area contributed by atoms with Crippen LogP contribution >= 0.6 is 0 Å². The smallest absolute Gasteiger partial charge is 0.245 e. The molecular formula is C16H27N3O5S. The minimum atomic E-state index is -3.63. The first-order valence-electron chi connectivity index (χ1n) is 8.68. The molecule has 0 aromatic carbocycles. The highest BCUT2D eigenvalue weighted by atomic mass is 32.2. The number of hydrogen-bond acceptors (Lipinski definition) is 5. The van der Waals surface area contributed by atoms with Gasteiger partial charge in [0.25, 0.3) is 0 Å². The SMILES string of the molecule is CCCCCNC(=O)C(C)NC(=O)C1N2C(=O)CC2S(=O)(=O)C1(C)C. The number of nitrogens with one attached hydrogen (secondary N) is 2. The summed E-state index contributed by atoms with van der Waals surface area (Å²) in [6, 6.07) is -1.91. The quantitative estimate of drug-likeness (QED) is 0.479. The van der Waals surface area contributed by atoms with Gasteiger partial charge in [-0.3, -0.25) is 14.4 Å². The average molecular weight is 373 g/mol. The van der Waals surface area contributed by atoms with Crippen LogP contribution in [0.25, 0.3) is 0 Å². The molecule has 2 saturated heterocycles. The van der Waals surface area contributed by atoms with E-state index in [4.69, 9.17) is 0 Å². The number of carbonyl (C=O) groups excluding carboxylic acids is 3. The Labute approximate surface area is 148 Å². The Morgan fingerprint density at radius 3 is 2.52 bits per heavy atom. The van der Waals surface area contributed by atoms with Crippen LogP contribution in [-0.4, -0.2) is 59.8 Å². The van der Waals surface area contributed by atoms with Crippen molar-refractivity contribution >= 4 is 27.6 Å². The molecule has 0 bridgehead atoms.